The molecule has 6 nitrogen and oxygen atoms in total. The molecule has 29 heavy (non-hydrogen) atoms. The van der Waals surface area contributed by atoms with E-state index in [-0.39, 0.29) is 23.0 Å². The van der Waals surface area contributed by atoms with E-state index in [4.69, 9.17) is 9.73 Å². The SMILES string of the molecule is CCNC(=NCC1(C(=O)N(C)C)CCCC1)NC1CC(C)(C)Oc2ccccc21. The molecule has 160 valence electrons. The summed E-state index contributed by atoms with van der Waals surface area (Å²) in [6.45, 7) is 7.59. The summed E-state index contributed by atoms with van der Waals surface area (Å²) in [6, 6.07) is 8.30. The van der Waals surface area contributed by atoms with Crippen LogP contribution >= 0.6 is 0 Å². The van der Waals surface area contributed by atoms with E-state index in [1.807, 2.05) is 32.3 Å². The molecule has 6 heteroatoms. The Bertz CT molecular complexity index is 751. The number of benzene rings is 1. The number of carbonyl (C=O) groups is 1. The van der Waals surface area contributed by atoms with Crippen LogP contribution in [0.3, 0.4) is 0 Å². The maximum absolute atomic E-state index is 12.9. The molecule has 1 aliphatic carbocycles. The van der Waals surface area contributed by atoms with Crippen molar-refractivity contribution < 1.29 is 9.53 Å². The standard InChI is InChI=1S/C23H36N4O2/c1-6-24-21(25-16-23(13-9-10-14-23)20(28)27(4)5)26-18-15-22(2,3)29-19-12-8-7-11-17(18)19/h7-8,11-12,18H,6,9-10,13-16H2,1-5H3,(H2,24,25,26). The van der Waals surface area contributed by atoms with Crippen LogP contribution in [0.2, 0.25) is 0 Å². The van der Waals surface area contributed by atoms with Crippen LogP contribution in [0.4, 0.5) is 0 Å². The van der Waals surface area contributed by atoms with E-state index < -0.39 is 0 Å². The van der Waals surface area contributed by atoms with Crippen LogP contribution in [0, 0.1) is 5.41 Å². The summed E-state index contributed by atoms with van der Waals surface area (Å²) < 4.78 is 6.16. The molecule has 0 bridgehead atoms. The third-order valence-electron chi connectivity index (χ3n) is 5.99. The summed E-state index contributed by atoms with van der Waals surface area (Å²) in [5.41, 5.74) is 0.535. The van der Waals surface area contributed by atoms with Crippen molar-refractivity contribution in [3.8, 4) is 5.75 Å². The smallest absolute Gasteiger partial charge is 0.230 e. The van der Waals surface area contributed by atoms with Crippen LogP contribution in [0.5, 0.6) is 5.75 Å². The zero-order valence-corrected chi connectivity index (χ0v) is 18.5. The lowest BCUT2D eigenvalue weighted by Crippen LogP contribution is -2.46. The molecule has 1 aromatic rings. The average Bonchev–Trinajstić information content (AvgIpc) is 3.15. The molecule has 3 rings (SSSR count). The second-order valence-corrected chi connectivity index (χ2v) is 9.18. The van der Waals surface area contributed by atoms with Gasteiger partial charge in [0.05, 0.1) is 18.0 Å². The molecule has 1 amide bonds. The van der Waals surface area contributed by atoms with Crippen molar-refractivity contribution in [3.05, 3.63) is 29.8 Å². The summed E-state index contributed by atoms with van der Waals surface area (Å²) in [4.78, 5) is 19.5. The summed E-state index contributed by atoms with van der Waals surface area (Å²) in [5.74, 6) is 1.89. The first kappa shape index (κ1) is 21.5. The number of rotatable bonds is 5. The minimum Gasteiger partial charge on any atom is -0.487 e. The van der Waals surface area contributed by atoms with Gasteiger partial charge < -0.3 is 20.3 Å². The van der Waals surface area contributed by atoms with Gasteiger partial charge in [0.15, 0.2) is 5.96 Å². The Morgan fingerprint density at radius 2 is 1.93 bits per heavy atom. The van der Waals surface area contributed by atoms with E-state index in [0.29, 0.717) is 6.54 Å². The fraction of sp³-hybridized carbons (Fsp3) is 0.652. The minimum absolute atomic E-state index is 0.108. The van der Waals surface area contributed by atoms with Crippen LogP contribution in [-0.4, -0.2) is 49.6 Å². The lowest BCUT2D eigenvalue weighted by Gasteiger charge is -2.38. The lowest BCUT2D eigenvalue weighted by molar-refractivity contribution is -0.138. The molecular formula is C23H36N4O2. The monoisotopic (exact) mass is 400 g/mol. The van der Waals surface area contributed by atoms with Crippen molar-refractivity contribution in [2.24, 2.45) is 10.4 Å². The molecule has 0 saturated heterocycles. The van der Waals surface area contributed by atoms with Gasteiger partial charge in [-0.15, -0.1) is 0 Å². The third-order valence-corrected chi connectivity index (χ3v) is 5.99. The van der Waals surface area contributed by atoms with E-state index in [0.717, 1.165) is 55.9 Å². The highest BCUT2D eigenvalue weighted by Crippen LogP contribution is 2.41. The Hall–Kier alpha value is -2.24. The van der Waals surface area contributed by atoms with Crippen molar-refractivity contribution in [3.63, 3.8) is 0 Å². The average molecular weight is 401 g/mol. The molecule has 1 heterocycles. The van der Waals surface area contributed by atoms with Gasteiger partial charge in [-0.25, -0.2) is 0 Å². The summed E-state index contributed by atoms with van der Waals surface area (Å²) in [6.07, 6.45) is 4.87. The first-order chi connectivity index (χ1) is 13.8. The van der Waals surface area contributed by atoms with Gasteiger partial charge >= 0.3 is 0 Å². The number of guanidine groups is 1. The second-order valence-electron chi connectivity index (χ2n) is 9.18. The van der Waals surface area contributed by atoms with Crippen molar-refractivity contribution in [2.75, 3.05) is 27.2 Å². The number of hydrogen-bond donors (Lipinski definition) is 2. The number of carbonyl (C=O) groups excluding carboxylic acids is 1. The summed E-state index contributed by atoms with van der Waals surface area (Å²) in [5, 5.41) is 6.98. The highest BCUT2D eigenvalue weighted by atomic mass is 16.5. The molecule has 0 spiro atoms. The number of hydrogen-bond acceptors (Lipinski definition) is 3. The third kappa shape index (κ3) is 4.85. The molecular weight excluding hydrogens is 364 g/mol. The number of amides is 1. The van der Waals surface area contributed by atoms with E-state index in [1.165, 1.54) is 0 Å². The topological polar surface area (TPSA) is 66.0 Å². The molecule has 1 aliphatic heterocycles. The first-order valence-electron chi connectivity index (χ1n) is 10.8. The molecule has 1 saturated carbocycles. The van der Waals surface area contributed by atoms with Gasteiger partial charge in [-0.3, -0.25) is 9.79 Å². The van der Waals surface area contributed by atoms with Gasteiger partial charge in [0.1, 0.15) is 11.4 Å². The van der Waals surface area contributed by atoms with Gasteiger partial charge in [-0.05, 0) is 39.7 Å². The van der Waals surface area contributed by atoms with Gasteiger partial charge in [-0.2, -0.15) is 0 Å². The van der Waals surface area contributed by atoms with E-state index in [1.54, 1.807) is 4.90 Å². The highest BCUT2D eigenvalue weighted by Gasteiger charge is 2.42. The van der Waals surface area contributed by atoms with Crippen molar-refractivity contribution in [2.45, 2.75) is 64.5 Å². The Labute approximate surface area is 175 Å². The highest BCUT2D eigenvalue weighted by molar-refractivity contribution is 5.84. The predicted octanol–water partition coefficient (Wildman–Crippen LogP) is 3.49. The largest absolute Gasteiger partial charge is 0.487 e. The summed E-state index contributed by atoms with van der Waals surface area (Å²) >= 11 is 0. The van der Waals surface area contributed by atoms with Crippen LogP contribution in [0.25, 0.3) is 0 Å². The zero-order chi connectivity index (χ0) is 21.1. The van der Waals surface area contributed by atoms with Crippen molar-refractivity contribution in [1.82, 2.24) is 15.5 Å². The normalized spacial score (nSPS) is 22.4. The molecule has 0 aromatic heterocycles. The summed E-state index contributed by atoms with van der Waals surface area (Å²) in [7, 11) is 3.69. The van der Waals surface area contributed by atoms with E-state index in [9.17, 15) is 4.79 Å². The second kappa shape index (κ2) is 8.64. The lowest BCUT2D eigenvalue weighted by atomic mass is 9.84. The van der Waals surface area contributed by atoms with E-state index >= 15 is 0 Å². The molecule has 2 N–H and O–H groups in total. The molecule has 2 aliphatic rings. The van der Waals surface area contributed by atoms with Crippen molar-refractivity contribution in [1.29, 1.82) is 0 Å². The zero-order valence-electron chi connectivity index (χ0n) is 18.5. The Kier molecular flexibility index (Phi) is 6.39. The number of nitrogens with zero attached hydrogens (tertiary/aromatic N) is 2. The van der Waals surface area contributed by atoms with Crippen LogP contribution in [-0.2, 0) is 4.79 Å². The number of ether oxygens (including phenoxy) is 1. The first-order valence-corrected chi connectivity index (χ1v) is 10.8. The molecule has 1 unspecified atom stereocenters. The maximum atomic E-state index is 12.9. The van der Waals surface area contributed by atoms with Gasteiger partial charge in [0.2, 0.25) is 5.91 Å². The number of para-hydroxylation sites is 1. The minimum atomic E-state index is -0.362. The predicted molar refractivity (Wildman–Crippen MR) is 117 cm³/mol. The van der Waals surface area contributed by atoms with Gasteiger partial charge in [0.25, 0.3) is 0 Å². The van der Waals surface area contributed by atoms with Crippen LogP contribution in [0.15, 0.2) is 29.3 Å². The Morgan fingerprint density at radius 1 is 1.24 bits per heavy atom. The fourth-order valence-corrected chi connectivity index (χ4v) is 4.61. The van der Waals surface area contributed by atoms with Crippen LogP contribution in [0.1, 0.15) is 64.5 Å². The van der Waals surface area contributed by atoms with Crippen molar-refractivity contribution >= 4 is 11.9 Å². The fourth-order valence-electron chi connectivity index (χ4n) is 4.61. The Balaban J connectivity index is 1.82. The van der Waals surface area contributed by atoms with Gasteiger partial charge in [0, 0.05) is 32.6 Å². The number of aliphatic imine (C=N–C) groups is 1. The maximum Gasteiger partial charge on any atom is 0.230 e. The van der Waals surface area contributed by atoms with Crippen LogP contribution < -0.4 is 15.4 Å². The number of fused-ring (bicyclic) bond motifs is 1. The quantitative estimate of drug-likeness (QED) is 0.587. The Morgan fingerprint density at radius 3 is 2.59 bits per heavy atom. The van der Waals surface area contributed by atoms with Gasteiger partial charge in [-0.1, -0.05) is 31.0 Å². The van der Waals surface area contributed by atoms with E-state index in [2.05, 4.69) is 37.5 Å². The number of nitrogens with one attached hydrogen (secondary N) is 2. The molecule has 1 aromatic carbocycles. The molecule has 1 atom stereocenters. The molecule has 0 radical (unpaired) electrons. The molecule has 1 fully saturated rings.